The largest absolute Gasteiger partial charge is 0.322 e. The molecule has 2 aromatic rings. The lowest BCUT2D eigenvalue weighted by Crippen LogP contribution is -2.14. The van der Waals surface area contributed by atoms with E-state index in [2.05, 4.69) is 10.3 Å². The maximum atomic E-state index is 13.4. The average Bonchev–Trinajstić information content (AvgIpc) is 2.89. The Balaban J connectivity index is 2.24. The third kappa shape index (κ3) is 2.82. The summed E-state index contributed by atoms with van der Waals surface area (Å²) >= 11 is 1.27. The van der Waals surface area contributed by atoms with Gasteiger partial charge in [-0.3, -0.25) is 4.79 Å². The normalized spacial score (nSPS) is 11.7. The van der Waals surface area contributed by atoms with E-state index in [0.717, 1.165) is 6.07 Å². The molecular weight excluding hydrogens is 279 g/mol. The fourth-order valence-electron chi connectivity index (χ4n) is 1.53. The van der Waals surface area contributed by atoms with Crippen molar-refractivity contribution in [2.45, 2.75) is 13.0 Å². The van der Waals surface area contributed by atoms with Gasteiger partial charge in [0.2, 0.25) is 0 Å². The molecule has 20 heavy (non-hydrogen) atoms. The van der Waals surface area contributed by atoms with E-state index in [0.29, 0.717) is 5.01 Å². The van der Waals surface area contributed by atoms with Gasteiger partial charge in [-0.25, -0.2) is 9.37 Å². The molecule has 1 atom stereocenters. The van der Waals surface area contributed by atoms with E-state index in [1.54, 1.807) is 18.4 Å². The first-order valence-electron chi connectivity index (χ1n) is 5.74. The number of rotatable bonds is 3. The molecule has 1 aromatic carbocycles. The zero-order chi connectivity index (χ0) is 14.7. The summed E-state index contributed by atoms with van der Waals surface area (Å²) in [5.74, 6) is -1.19. The van der Waals surface area contributed by atoms with Crippen molar-refractivity contribution >= 4 is 22.9 Å². The van der Waals surface area contributed by atoms with Gasteiger partial charge in [-0.1, -0.05) is 6.07 Å². The molecule has 5 nitrogen and oxygen atoms in total. The minimum atomic E-state index is -0.681. The molecule has 0 aliphatic heterocycles. The first-order chi connectivity index (χ1) is 9.52. The summed E-state index contributed by atoms with van der Waals surface area (Å²) in [4.78, 5) is 16.1. The van der Waals surface area contributed by atoms with E-state index in [1.807, 2.05) is 0 Å². The number of halogens is 1. The minimum Gasteiger partial charge on any atom is -0.322 e. The first kappa shape index (κ1) is 14.1. The van der Waals surface area contributed by atoms with Crippen LogP contribution in [0.2, 0.25) is 0 Å². The molecule has 0 spiro atoms. The van der Waals surface area contributed by atoms with Crippen LogP contribution in [-0.2, 0) is 0 Å². The topological polar surface area (TPSA) is 91.8 Å². The molecule has 0 saturated carbocycles. The van der Waals surface area contributed by atoms with E-state index < -0.39 is 11.7 Å². The summed E-state index contributed by atoms with van der Waals surface area (Å²) < 4.78 is 13.4. The molecular formula is C13H11FN4OS. The quantitative estimate of drug-likeness (QED) is 0.908. The van der Waals surface area contributed by atoms with Gasteiger partial charge in [-0.15, -0.1) is 11.3 Å². The number of carbonyl (C=O) groups excluding carboxylic acids is 1. The van der Waals surface area contributed by atoms with Crippen LogP contribution < -0.4 is 11.1 Å². The molecule has 102 valence electrons. The molecule has 0 fully saturated rings. The summed E-state index contributed by atoms with van der Waals surface area (Å²) in [6, 6.07) is 5.49. The number of benzene rings is 1. The highest BCUT2D eigenvalue weighted by atomic mass is 32.1. The fraction of sp³-hybridized carbons (Fsp3) is 0.154. The van der Waals surface area contributed by atoms with Gasteiger partial charge in [-0.2, -0.15) is 5.26 Å². The number of hydrogen-bond donors (Lipinski definition) is 2. The van der Waals surface area contributed by atoms with Crippen molar-refractivity contribution < 1.29 is 9.18 Å². The minimum absolute atomic E-state index is 0.118. The van der Waals surface area contributed by atoms with Gasteiger partial charge in [0, 0.05) is 5.38 Å². The number of aromatic nitrogens is 1. The molecule has 3 N–H and O–H groups in total. The SMILES string of the molecule is CC(N)c1nc(C(=O)Nc2cccc(F)c2C#N)cs1. The molecule has 0 bridgehead atoms. The third-order valence-electron chi connectivity index (χ3n) is 2.52. The van der Waals surface area contributed by atoms with Crippen LogP contribution in [-0.4, -0.2) is 10.9 Å². The summed E-state index contributed by atoms with van der Waals surface area (Å²) in [5, 5.41) is 13.6. The van der Waals surface area contributed by atoms with E-state index in [-0.39, 0.29) is 23.0 Å². The third-order valence-corrected chi connectivity index (χ3v) is 3.56. The number of nitrogens with two attached hydrogens (primary N) is 1. The molecule has 0 aliphatic rings. The average molecular weight is 290 g/mol. The van der Waals surface area contributed by atoms with Crippen LogP contribution >= 0.6 is 11.3 Å². The zero-order valence-corrected chi connectivity index (χ0v) is 11.4. The summed E-state index contributed by atoms with van der Waals surface area (Å²) in [5.41, 5.74) is 5.77. The van der Waals surface area contributed by atoms with Crippen LogP contribution in [0.25, 0.3) is 0 Å². The number of nitrogens with zero attached hydrogens (tertiary/aromatic N) is 2. The van der Waals surface area contributed by atoms with Crippen molar-refractivity contribution in [3.63, 3.8) is 0 Å². The number of nitrogens with one attached hydrogen (secondary N) is 1. The molecule has 1 amide bonds. The lowest BCUT2D eigenvalue weighted by atomic mass is 10.2. The van der Waals surface area contributed by atoms with Gasteiger partial charge in [0.15, 0.2) is 0 Å². The van der Waals surface area contributed by atoms with Crippen molar-refractivity contribution in [2.75, 3.05) is 5.32 Å². The lowest BCUT2D eigenvalue weighted by Gasteiger charge is -2.05. The van der Waals surface area contributed by atoms with Gasteiger partial charge >= 0.3 is 0 Å². The second kappa shape index (κ2) is 5.77. The van der Waals surface area contributed by atoms with Crippen molar-refractivity contribution in [2.24, 2.45) is 5.73 Å². The van der Waals surface area contributed by atoms with Crippen LogP contribution in [0.3, 0.4) is 0 Å². The molecule has 7 heteroatoms. The van der Waals surface area contributed by atoms with E-state index in [4.69, 9.17) is 11.0 Å². The van der Waals surface area contributed by atoms with E-state index in [1.165, 1.54) is 23.5 Å². The second-order valence-electron chi connectivity index (χ2n) is 4.09. The summed E-state index contributed by atoms with van der Waals surface area (Å²) in [6.45, 7) is 1.76. The molecule has 0 radical (unpaired) electrons. The summed E-state index contributed by atoms with van der Waals surface area (Å²) in [7, 11) is 0. The number of amides is 1. The zero-order valence-electron chi connectivity index (χ0n) is 10.6. The van der Waals surface area contributed by atoms with Crippen molar-refractivity contribution in [1.29, 1.82) is 5.26 Å². The van der Waals surface area contributed by atoms with Crippen molar-refractivity contribution in [1.82, 2.24) is 4.98 Å². The molecule has 1 aromatic heterocycles. The highest BCUT2D eigenvalue weighted by Crippen LogP contribution is 2.20. The van der Waals surface area contributed by atoms with E-state index in [9.17, 15) is 9.18 Å². The van der Waals surface area contributed by atoms with Gasteiger partial charge in [0.25, 0.3) is 5.91 Å². The van der Waals surface area contributed by atoms with Crippen LogP contribution in [0, 0.1) is 17.1 Å². The van der Waals surface area contributed by atoms with Crippen LogP contribution in [0.5, 0.6) is 0 Å². The second-order valence-corrected chi connectivity index (χ2v) is 4.98. The standard InChI is InChI=1S/C13H11FN4OS/c1-7(16)13-18-11(6-20-13)12(19)17-10-4-2-3-9(14)8(10)5-15/h2-4,6-7H,16H2,1H3,(H,17,19). The van der Waals surface area contributed by atoms with Crippen LogP contribution in [0.15, 0.2) is 23.6 Å². The Bertz CT molecular complexity index is 690. The molecule has 1 unspecified atom stereocenters. The number of carbonyl (C=O) groups is 1. The van der Waals surface area contributed by atoms with Gasteiger partial charge in [0.1, 0.15) is 28.2 Å². The Labute approximate surface area is 118 Å². The highest BCUT2D eigenvalue weighted by molar-refractivity contribution is 7.09. The van der Waals surface area contributed by atoms with E-state index >= 15 is 0 Å². The predicted molar refractivity (Wildman–Crippen MR) is 73.8 cm³/mol. The Kier molecular flexibility index (Phi) is 4.08. The molecule has 1 heterocycles. The maximum absolute atomic E-state index is 13.4. The fourth-order valence-corrected chi connectivity index (χ4v) is 2.29. The number of hydrogen-bond acceptors (Lipinski definition) is 5. The first-order valence-corrected chi connectivity index (χ1v) is 6.62. The Hall–Kier alpha value is -2.30. The smallest absolute Gasteiger partial charge is 0.275 e. The number of nitriles is 1. The van der Waals surface area contributed by atoms with Gasteiger partial charge in [-0.05, 0) is 19.1 Å². The molecule has 2 rings (SSSR count). The predicted octanol–water partition coefficient (Wildman–Crippen LogP) is 2.43. The number of thiazole rings is 1. The van der Waals surface area contributed by atoms with Crippen molar-refractivity contribution in [3.05, 3.63) is 45.7 Å². The molecule has 0 aliphatic carbocycles. The van der Waals surface area contributed by atoms with Crippen molar-refractivity contribution in [3.8, 4) is 6.07 Å². The highest BCUT2D eigenvalue weighted by Gasteiger charge is 2.15. The van der Waals surface area contributed by atoms with Gasteiger partial charge in [0.05, 0.1) is 11.7 Å². The maximum Gasteiger partial charge on any atom is 0.275 e. The lowest BCUT2D eigenvalue weighted by molar-refractivity contribution is 0.102. The Morgan fingerprint density at radius 2 is 2.35 bits per heavy atom. The monoisotopic (exact) mass is 290 g/mol. The summed E-state index contributed by atoms with van der Waals surface area (Å²) in [6.07, 6.45) is 0. The Morgan fingerprint density at radius 1 is 1.60 bits per heavy atom. The van der Waals surface area contributed by atoms with Gasteiger partial charge < -0.3 is 11.1 Å². The van der Waals surface area contributed by atoms with Crippen LogP contribution in [0.1, 0.15) is 34.0 Å². The Morgan fingerprint density at radius 3 is 2.95 bits per heavy atom. The number of anilines is 1. The van der Waals surface area contributed by atoms with Crippen LogP contribution in [0.4, 0.5) is 10.1 Å². The molecule has 0 saturated heterocycles.